The van der Waals surface area contributed by atoms with E-state index in [0.29, 0.717) is 19.1 Å². The summed E-state index contributed by atoms with van der Waals surface area (Å²) in [5.74, 6) is 0. The number of hydrogen-bond acceptors (Lipinski definition) is 2. The third kappa shape index (κ3) is 3.69. The lowest BCUT2D eigenvalue weighted by Gasteiger charge is -2.17. The Labute approximate surface area is 159 Å². The first-order valence-electron chi connectivity index (χ1n) is 8.28. The maximum absolute atomic E-state index is 10.5. The minimum atomic E-state index is -0.426. The van der Waals surface area contributed by atoms with Crippen molar-refractivity contribution in [1.82, 2.24) is 9.88 Å². The van der Waals surface area contributed by atoms with Crippen LogP contribution in [0.15, 0.2) is 45.3 Å². The molecule has 0 radical (unpaired) electrons. The average Bonchev–Trinajstić information content (AvgIpc) is 2.85. The minimum Gasteiger partial charge on any atom is -0.390 e. The highest BCUT2D eigenvalue weighted by Crippen LogP contribution is 2.33. The first-order valence-corrected chi connectivity index (χ1v) is 9.86. The molecular formula is C19H22Br2N2O. The summed E-state index contributed by atoms with van der Waals surface area (Å²) >= 11 is 7.13. The van der Waals surface area contributed by atoms with E-state index in [9.17, 15) is 5.11 Å². The topological polar surface area (TPSA) is 37.2 Å². The summed E-state index contributed by atoms with van der Waals surface area (Å²) in [5.41, 5.74) is 2.29. The fraction of sp³-hybridized carbons (Fsp3) is 0.368. The van der Waals surface area contributed by atoms with Crippen LogP contribution >= 0.6 is 31.9 Å². The molecule has 2 atom stereocenters. The van der Waals surface area contributed by atoms with Gasteiger partial charge in [-0.25, -0.2) is 0 Å². The maximum Gasteiger partial charge on any atom is 0.0843 e. The fourth-order valence-corrected chi connectivity index (χ4v) is 3.72. The Kier molecular flexibility index (Phi) is 5.65. The molecule has 1 heterocycles. The lowest BCUT2D eigenvalue weighted by Crippen LogP contribution is -2.35. The maximum atomic E-state index is 10.5. The van der Waals surface area contributed by atoms with Crippen molar-refractivity contribution < 1.29 is 5.11 Å². The van der Waals surface area contributed by atoms with Gasteiger partial charge in [0.25, 0.3) is 0 Å². The van der Waals surface area contributed by atoms with Gasteiger partial charge in [-0.3, -0.25) is 0 Å². The molecule has 3 aromatic rings. The van der Waals surface area contributed by atoms with E-state index in [2.05, 4.69) is 92.0 Å². The molecule has 0 unspecified atom stereocenters. The van der Waals surface area contributed by atoms with E-state index >= 15 is 0 Å². The molecular weight excluding hydrogens is 432 g/mol. The van der Waals surface area contributed by atoms with Gasteiger partial charge in [0.15, 0.2) is 0 Å². The minimum absolute atomic E-state index is 0.421. The third-order valence-electron chi connectivity index (χ3n) is 4.50. The molecule has 128 valence electrons. The molecule has 3 nitrogen and oxygen atoms in total. The Hall–Kier alpha value is -0.880. The van der Waals surface area contributed by atoms with Gasteiger partial charge in [-0.2, -0.15) is 0 Å². The van der Waals surface area contributed by atoms with Crippen molar-refractivity contribution in [1.29, 1.82) is 0 Å². The van der Waals surface area contributed by atoms with Gasteiger partial charge in [0.2, 0.25) is 0 Å². The van der Waals surface area contributed by atoms with Crippen LogP contribution < -0.4 is 5.32 Å². The summed E-state index contributed by atoms with van der Waals surface area (Å²) in [5, 5.41) is 16.3. The molecule has 24 heavy (non-hydrogen) atoms. The second-order valence-electron chi connectivity index (χ2n) is 6.30. The molecule has 3 rings (SSSR count). The number of nitrogens with one attached hydrogen (secondary N) is 1. The van der Waals surface area contributed by atoms with Crippen LogP contribution in [0.2, 0.25) is 0 Å². The molecule has 0 aliphatic rings. The van der Waals surface area contributed by atoms with Gasteiger partial charge >= 0.3 is 0 Å². The van der Waals surface area contributed by atoms with E-state index in [1.165, 1.54) is 10.8 Å². The van der Waals surface area contributed by atoms with Gasteiger partial charge in [-0.1, -0.05) is 38.8 Å². The number of aliphatic hydroxyl groups is 1. The molecule has 0 saturated carbocycles. The number of fused-ring (bicyclic) bond motifs is 3. The molecule has 0 fully saturated rings. The van der Waals surface area contributed by atoms with Crippen LogP contribution in [-0.4, -0.2) is 28.4 Å². The fourth-order valence-electron chi connectivity index (χ4n) is 3.00. The van der Waals surface area contributed by atoms with E-state index in [1.54, 1.807) is 0 Å². The van der Waals surface area contributed by atoms with Gasteiger partial charge in [-0.05, 0) is 49.7 Å². The van der Waals surface area contributed by atoms with Crippen molar-refractivity contribution in [2.75, 3.05) is 6.54 Å². The Balaban J connectivity index is 1.99. The number of halogens is 2. The molecule has 0 spiro atoms. The predicted octanol–water partition coefficient (Wildman–Crippen LogP) is 5.07. The van der Waals surface area contributed by atoms with Crippen molar-refractivity contribution in [2.24, 2.45) is 0 Å². The van der Waals surface area contributed by atoms with Gasteiger partial charge in [-0.15, -0.1) is 0 Å². The highest BCUT2D eigenvalue weighted by molar-refractivity contribution is 9.10. The highest BCUT2D eigenvalue weighted by atomic mass is 79.9. The van der Waals surface area contributed by atoms with Crippen molar-refractivity contribution in [3.05, 3.63) is 45.3 Å². The number of benzene rings is 2. The molecule has 0 amide bonds. The summed E-state index contributed by atoms with van der Waals surface area (Å²) in [6.07, 6.45) is 0.634. The molecule has 0 aliphatic carbocycles. The monoisotopic (exact) mass is 452 g/mol. The largest absolute Gasteiger partial charge is 0.390 e. The molecule has 1 aromatic heterocycles. The summed E-state index contributed by atoms with van der Waals surface area (Å²) in [6.45, 7) is 5.46. The first kappa shape index (κ1) is 17.9. The van der Waals surface area contributed by atoms with E-state index in [-0.39, 0.29) is 0 Å². The SMILES string of the molecule is CC[C@@H](C)NC[C@H](O)Cn1c2ccc(Br)cc2c2cc(Br)ccc21. The molecule has 2 aromatic carbocycles. The van der Waals surface area contributed by atoms with Crippen molar-refractivity contribution in [3.8, 4) is 0 Å². The average molecular weight is 454 g/mol. The molecule has 0 aliphatic heterocycles. The summed E-state index contributed by atoms with van der Waals surface area (Å²) < 4.78 is 4.34. The summed E-state index contributed by atoms with van der Waals surface area (Å²) in [6, 6.07) is 13.0. The normalized spacial score (nSPS) is 14.4. The van der Waals surface area contributed by atoms with Gasteiger partial charge in [0, 0.05) is 43.3 Å². The zero-order valence-corrected chi connectivity index (χ0v) is 17.1. The smallest absolute Gasteiger partial charge is 0.0843 e. The zero-order valence-electron chi connectivity index (χ0n) is 13.9. The number of aromatic nitrogens is 1. The summed E-state index contributed by atoms with van der Waals surface area (Å²) in [7, 11) is 0. The van der Waals surface area contributed by atoms with E-state index < -0.39 is 6.10 Å². The Morgan fingerprint density at radius 3 is 2.08 bits per heavy atom. The first-order chi connectivity index (χ1) is 11.5. The number of nitrogens with zero attached hydrogens (tertiary/aromatic N) is 1. The lowest BCUT2D eigenvalue weighted by molar-refractivity contribution is 0.150. The standard InChI is InChI=1S/C19H22Br2N2O/c1-3-12(2)22-10-15(24)11-23-18-6-4-13(20)8-16(18)17-9-14(21)5-7-19(17)23/h4-9,12,15,22,24H,3,10-11H2,1-2H3/t12-,15+/m1/s1. The molecule has 5 heteroatoms. The lowest BCUT2D eigenvalue weighted by atomic mass is 10.2. The second kappa shape index (κ2) is 7.56. The number of aliphatic hydroxyl groups excluding tert-OH is 1. The third-order valence-corrected chi connectivity index (χ3v) is 5.48. The van der Waals surface area contributed by atoms with Crippen LogP contribution in [-0.2, 0) is 6.54 Å². The van der Waals surface area contributed by atoms with E-state index in [1.807, 2.05) is 0 Å². The zero-order chi connectivity index (χ0) is 17.3. The summed E-state index contributed by atoms with van der Waals surface area (Å²) in [4.78, 5) is 0. The van der Waals surface area contributed by atoms with Gasteiger partial charge in [0.05, 0.1) is 12.6 Å². The quantitative estimate of drug-likeness (QED) is 0.546. The van der Waals surface area contributed by atoms with Gasteiger partial charge < -0.3 is 15.0 Å². The van der Waals surface area contributed by atoms with Crippen LogP contribution in [0.3, 0.4) is 0 Å². The van der Waals surface area contributed by atoms with Crippen molar-refractivity contribution in [2.45, 2.75) is 39.0 Å². The van der Waals surface area contributed by atoms with Crippen LogP contribution in [0.5, 0.6) is 0 Å². The Morgan fingerprint density at radius 2 is 1.58 bits per heavy atom. The van der Waals surface area contributed by atoms with Crippen LogP contribution in [0, 0.1) is 0 Å². The highest BCUT2D eigenvalue weighted by Gasteiger charge is 2.15. The van der Waals surface area contributed by atoms with Crippen molar-refractivity contribution in [3.63, 3.8) is 0 Å². The van der Waals surface area contributed by atoms with Crippen LogP contribution in [0.25, 0.3) is 21.8 Å². The number of hydrogen-bond donors (Lipinski definition) is 2. The predicted molar refractivity (Wildman–Crippen MR) is 109 cm³/mol. The molecule has 0 bridgehead atoms. The molecule has 0 saturated heterocycles. The van der Waals surface area contributed by atoms with Gasteiger partial charge in [0.1, 0.15) is 0 Å². The Bertz CT molecular complexity index is 800. The van der Waals surface area contributed by atoms with Crippen LogP contribution in [0.1, 0.15) is 20.3 Å². The second-order valence-corrected chi connectivity index (χ2v) is 8.14. The molecule has 2 N–H and O–H groups in total. The van der Waals surface area contributed by atoms with E-state index in [4.69, 9.17) is 0 Å². The Morgan fingerprint density at radius 1 is 1.04 bits per heavy atom. The van der Waals surface area contributed by atoms with Crippen LogP contribution in [0.4, 0.5) is 0 Å². The van der Waals surface area contributed by atoms with E-state index in [0.717, 1.165) is 26.4 Å². The number of rotatable bonds is 6. The van der Waals surface area contributed by atoms with Crippen molar-refractivity contribution >= 4 is 53.7 Å².